The molecule has 0 saturated heterocycles. The standard InChI is InChI=1S/C6H7N3O2/c1-11-6(10)4-2-9-5(7)3-8-4/h2-3H,1H3,(H2,7,9). The van der Waals surface area contributed by atoms with E-state index in [1.165, 1.54) is 19.5 Å². The predicted octanol–water partition coefficient (Wildman–Crippen LogP) is -0.155. The van der Waals surface area contributed by atoms with Gasteiger partial charge in [-0.3, -0.25) is 0 Å². The van der Waals surface area contributed by atoms with Crippen LogP contribution in [0.15, 0.2) is 12.4 Å². The quantitative estimate of drug-likeness (QED) is 0.567. The van der Waals surface area contributed by atoms with Crippen LogP contribution in [0.4, 0.5) is 5.82 Å². The number of hydrogen-bond acceptors (Lipinski definition) is 5. The van der Waals surface area contributed by atoms with Crippen molar-refractivity contribution in [2.24, 2.45) is 0 Å². The molecule has 11 heavy (non-hydrogen) atoms. The molecule has 0 saturated carbocycles. The minimum Gasteiger partial charge on any atom is -0.464 e. The number of aromatic nitrogens is 2. The Kier molecular flexibility index (Phi) is 2.00. The van der Waals surface area contributed by atoms with Gasteiger partial charge in [-0.2, -0.15) is 0 Å². The van der Waals surface area contributed by atoms with Crippen LogP contribution in [-0.2, 0) is 4.74 Å². The average Bonchev–Trinajstić information content (AvgIpc) is 2.05. The van der Waals surface area contributed by atoms with E-state index in [9.17, 15) is 4.79 Å². The second-order valence-corrected chi connectivity index (χ2v) is 1.82. The number of carbonyl (C=O) groups excluding carboxylic acids is 1. The summed E-state index contributed by atoms with van der Waals surface area (Å²) in [5.74, 6) is -0.241. The number of methoxy groups -OCH3 is 1. The number of nitrogens with zero attached hydrogens (tertiary/aromatic N) is 2. The summed E-state index contributed by atoms with van der Waals surface area (Å²) in [6.07, 6.45) is 2.56. The number of nitrogen functional groups attached to an aromatic ring is 1. The lowest BCUT2D eigenvalue weighted by atomic mass is 10.4. The number of carbonyl (C=O) groups is 1. The first-order chi connectivity index (χ1) is 5.24. The topological polar surface area (TPSA) is 78.1 Å². The first-order valence-electron chi connectivity index (χ1n) is 2.90. The molecule has 0 aliphatic rings. The van der Waals surface area contributed by atoms with Crippen LogP contribution in [0.3, 0.4) is 0 Å². The van der Waals surface area contributed by atoms with Gasteiger partial charge in [-0.1, -0.05) is 0 Å². The second kappa shape index (κ2) is 2.96. The lowest BCUT2D eigenvalue weighted by molar-refractivity contribution is 0.0593. The fraction of sp³-hybridized carbons (Fsp3) is 0.167. The molecule has 0 aromatic carbocycles. The van der Waals surface area contributed by atoms with Gasteiger partial charge >= 0.3 is 5.97 Å². The Hall–Kier alpha value is -1.65. The van der Waals surface area contributed by atoms with Gasteiger partial charge in [0.1, 0.15) is 5.82 Å². The molecule has 0 aliphatic heterocycles. The van der Waals surface area contributed by atoms with Crippen LogP contribution in [0.2, 0.25) is 0 Å². The van der Waals surface area contributed by atoms with Crippen LogP contribution in [0, 0.1) is 0 Å². The molecule has 1 heterocycles. The summed E-state index contributed by atoms with van der Waals surface area (Å²) >= 11 is 0. The van der Waals surface area contributed by atoms with E-state index >= 15 is 0 Å². The van der Waals surface area contributed by atoms with E-state index in [0.29, 0.717) is 0 Å². The molecule has 0 spiro atoms. The van der Waals surface area contributed by atoms with Gasteiger partial charge in [0.05, 0.1) is 19.5 Å². The molecule has 1 rings (SSSR count). The van der Waals surface area contributed by atoms with E-state index in [1.54, 1.807) is 0 Å². The Morgan fingerprint density at radius 2 is 2.27 bits per heavy atom. The first-order valence-corrected chi connectivity index (χ1v) is 2.90. The van der Waals surface area contributed by atoms with Crippen molar-refractivity contribution in [2.75, 3.05) is 12.8 Å². The van der Waals surface area contributed by atoms with Crippen molar-refractivity contribution in [3.8, 4) is 0 Å². The van der Waals surface area contributed by atoms with E-state index < -0.39 is 5.97 Å². The van der Waals surface area contributed by atoms with Gasteiger partial charge < -0.3 is 10.5 Å². The highest BCUT2D eigenvalue weighted by atomic mass is 16.5. The zero-order valence-electron chi connectivity index (χ0n) is 5.94. The maximum Gasteiger partial charge on any atom is 0.358 e. The van der Waals surface area contributed by atoms with Gasteiger partial charge in [0.25, 0.3) is 0 Å². The minimum atomic E-state index is -0.516. The Morgan fingerprint density at radius 3 is 2.73 bits per heavy atom. The van der Waals surface area contributed by atoms with Crippen LogP contribution in [-0.4, -0.2) is 23.0 Å². The van der Waals surface area contributed by atoms with Crippen LogP contribution in [0.25, 0.3) is 0 Å². The van der Waals surface area contributed by atoms with Crippen LogP contribution < -0.4 is 5.73 Å². The van der Waals surface area contributed by atoms with Gasteiger partial charge in [0.2, 0.25) is 0 Å². The Balaban J connectivity index is 2.90. The van der Waals surface area contributed by atoms with E-state index in [4.69, 9.17) is 5.73 Å². The number of nitrogens with two attached hydrogens (primary N) is 1. The zero-order chi connectivity index (χ0) is 8.27. The fourth-order valence-corrected chi connectivity index (χ4v) is 0.548. The zero-order valence-corrected chi connectivity index (χ0v) is 5.94. The Bertz CT molecular complexity index is 257. The third kappa shape index (κ3) is 1.64. The highest BCUT2D eigenvalue weighted by Gasteiger charge is 2.05. The maximum absolute atomic E-state index is 10.8. The van der Waals surface area contributed by atoms with E-state index in [0.717, 1.165) is 0 Å². The van der Waals surface area contributed by atoms with Crippen LogP contribution >= 0.6 is 0 Å². The Morgan fingerprint density at radius 1 is 1.55 bits per heavy atom. The number of anilines is 1. The number of hydrogen-bond donors (Lipinski definition) is 1. The molecule has 1 aromatic rings. The minimum absolute atomic E-state index is 0.154. The first kappa shape index (κ1) is 7.46. The van der Waals surface area contributed by atoms with Crippen molar-refractivity contribution in [1.29, 1.82) is 0 Å². The fourth-order valence-electron chi connectivity index (χ4n) is 0.548. The molecule has 0 atom stereocenters. The summed E-state index contributed by atoms with van der Waals surface area (Å²) in [5, 5.41) is 0. The molecule has 0 fully saturated rings. The van der Waals surface area contributed by atoms with E-state index in [2.05, 4.69) is 14.7 Å². The lowest BCUT2D eigenvalue weighted by Gasteiger charge is -1.96. The van der Waals surface area contributed by atoms with Gasteiger partial charge in [0.15, 0.2) is 5.69 Å². The summed E-state index contributed by atoms with van der Waals surface area (Å²) in [5.41, 5.74) is 5.40. The van der Waals surface area contributed by atoms with Crippen molar-refractivity contribution in [1.82, 2.24) is 9.97 Å². The highest BCUT2D eigenvalue weighted by molar-refractivity contribution is 5.86. The normalized spacial score (nSPS) is 9.18. The van der Waals surface area contributed by atoms with E-state index in [-0.39, 0.29) is 11.5 Å². The molecular formula is C6H7N3O2. The summed E-state index contributed by atoms with van der Waals surface area (Å²) in [7, 11) is 1.28. The molecule has 5 nitrogen and oxygen atoms in total. The van der Waals surface area contributed by atoms with Gasteiger partial charge in [-0.05, 0) is 0 Å². The highest BCUT2D eigenvalue weighted by Crippen LogP contribution is 1.96. The molecule has 0 unspecified atom stereocenters. The molecular weight excluding hydrogens is 146 g/mol. The molecule has 1 aromatic heterocycles. The van der Waals surface area contributed by atoms with Gasteiger partial charge in [0, 0.05) is 0 Å². The summed E-state index contributed by atoms with van der Waals surface area (Å²) < 4.78 is 4.39. The SMILES string of the molecule is COC(=O)c1cnc(N)cn1. The smallest absolute Gasteiger partial charge is 0.358 e. The van der Waals surface area contributed by atoms with Gasteiger partial charge in [-0.25, -0.2) is 14.8 Å². The molecule has 0 amide bonds. The lowest BCUT2D eigenvalue weighted by Crippen LogP contribution is -2.05. The van der Waals surface area contributed by atoms with Crippen molar-refractivity contribution in [3.05, 3.63) is 18.1 Å². The molecule has 5 heteroatoms. The average molecular weight is 153 g/mol. The summed E-state index contributed by atoms with van der Waals surface area (Å²) in [6.45, 7) is 0. The summed E-state index contributed by atoms with van der Waals surface area (Å²) in [6, 6.07) is 0. The van der Waals surface area contributed by atoms with Crippen molar-refractivity contribution in [2.45, 2.75) is 0 Å². The van der Waals surface area contributed by atoms with Crippen molar-refractivity contribution in [3.63, 3.8) is 0 Å². The maximum atomic E-state index is 10.8. The molecule has 0 aliphatic carbocycles. The van der Waals surface area contributed by atoms with Crippen molar-refractivity contribution < 1.29 is 9.53 Å². The summed E-state index contributed by atoms with van der Waals surface area (Å²) in [4.78, 5) is 18.1. The molecule has 0 bridgehead atoms. The monoisotopic (exact) mass is 153 g/mol. The third-order valence-corrected chi connectivity index (χ3v) is 1.07. The van der Waals surface area contributed by atoms with Crippen LogP contribution in [0.1, 0.15) is 10.5 Å². The molecule has 0 radical (unpaired) electrons. The molecule has 2 N–H and O–H groups in total. The number of ether oxygens (including phenoxy) is 1. The predicted molar refractivity (Wildman–Crippen MR) is 37.8 cm³/mol. The second-order valence-electron chi connectivity index (χ2n) is 1.82. The van der Waals surface area contributed by atoms with Crippen molar-refractivity contribution >= 4 is 11.8 Å². The third-order valence-electron chi connectivity index (χ3n) is 1.07. The largest absolute Gasteiger partial charge is 0.464 e. The van der Waals surface area contributed by atoms with E-state index in [1.807, 2.05) is 0 Å². The number of esters is 1. The Labute approximate surface area is 63.2 Å². The van der Waals surface area contributed by atoms with Gasteiger partial charge in [-0.15, -0.1) is 0 Å². The molecule has 58 valence electrons. The van der Waals surface area contributed by atoms with Crippen LogP contribution in [0.5, 0.6) is 0 Å². The number of rotatable bonds is 1.